The van der Waals surface area contributed by atoms with Gasteiger partial charge < -0.3 is 20.1 Å². The Bertz CT molecular complexity index is 778. The van der Waals surface area contributed by atoms with Gasteiger partial charge in [-0.25, -0.2) is 4.79 Å². The largest absolute Gasteiger partial charge is 0.488 e. The van der Waals surface area contributed by atoms with E-state index in [0.29, 0.717) is 12.1 Å². The zero-order valence-corrected chi connectivity index (χ0v) is 15.7. The monoisotopic (exact) mass is 367 g/mol. The van der Waals surface area contributed by atoms with E-state index in [2.05, 4.69) is 21.7 Å². The summed E-state index contributed by atoms with van der Waals surface area (Å²) in [5.74, 6) is 1.41. The van der Waals surface area contributed by atoms with E-state index in [1.807, 2.05) is 30.3 Å². The summed E-state index contributed by atoms with van der Waals surface area (Å²) in [5.41, 5.74) is 2.95. The minimum absolute atomic E-state index is 0.117. The third-order valence-corrected chi connectivity index (χ3v) is 4.52. The van der Waals surface area contributed by atoms with Crippen LogP contribution in [0.15, 0.2) is 53.5 Å². The van der Waals surface area contributed by atoms with Gasteiger partial charge in [-0.1, -0.05) is 30.3 Å². The van der Waals surface area contributed by atoms with Crippen LogP contribution in [0.3, 0.4) is 0 Å². The van der Waals surface area contributed by atoms with Gasteiger partial charge in [0.05, 0.1) is 19.2 Å². The smallest absolute Gasteiger partial charge is 0.337 e. The highest BCUT2D eigenvalue weighted by molar-refractivity contribution is 5.89. The highest BCUT2D eigenvalue weighted by Crippen LogP contribution is 2.27. The molecule has 27 heavy (non-hydrogen) atoms. The molecule has 1 aliphatic heterocycles. The molecule has 6 heteroatoms. The molecule has 0 saturated heterocycles. The van der Waals surface area contributed by atoms with Crippen molar-refractivity contribution in [2.45, 2.75) is 18.9 Å². The van der Waals surface area contributed by atoms with Crippen molar-refractivity contribution < 1.29 is 14.3 Å². The maximum absolute atomic E-state index is 11.5. The Kier molecular flexibility index (Phi) is 6.30. The number of nitrogens with zero attached hydrogens (tertiary/aromatic N) is 1. The van der Waals surface area contributed by atoms with Crippen LogP contribution in [0.2, 0.25) is 0 Å². The average Bonchev–Trinajstić information content (AvgIpc) is 3.13. The van der Waals surface area contributed by atoms with Crippen LogP contribution in [-0.4, -0.2) is 45.3 Å². The summed E-state index contributed by atoms with van der Waals surface area (Å²) in [5, 5.41) is 6.62. The number of hydrogen-bond donors (Lipinski definition) is 2. The summed E-state index contributed by atoms with van der Waals surface area (Å²) >= 11 is 0. The summed E-state index contributed by atoms with van der Waals surface area (Å²) in [7, 11) is 3.14. The summed E-state index contributed by atoms with van der Waals surface area (Å²) in [6, 6.07) is 15.6. The first kappa shape index (κ1) is 18.8. The van der Waals surface area contributed by atoms with E-state index in [0.717, 1.165) is 36.7 Å². The Labute approximate surface area is 159 Å². The van der Waals surface area contributed by atoms with E-state index >= 15 is 0 Å². The summed E-state index contributed by atoms with van der Waals surface area (Å²) in [6.45, 7) is 1.44. The zero-order chi connectivity index (χ0) is 19.1. The normalized spacial score (nSPS) is 15.6. The van der Waals surface area contributed by atoms with Gasteiger partial charge in [0.25, 0.3) is 0 Å². The first-order chi connectivity index (χ1) is 13.2. The Morgan fingerprint density at radius 2 is 1.96 bits per heavy atom. The number of ether oxygens (including phenoxy) is 2. The highest BCUT2D eigenvalue weighted by Gasteiger charge is 2.22. The van der Waals surface area contributed by atoms with E-state index in [1.165, 1.54) is 12.7 Å². The summed E-state index contributed by atoms with van der Waals surface area (Å²) in [4.78, 5) is 15.7. The predicted octanol–water partition coefficient (Wildman–Crippen LogP) is 2.18. The van der Waals surface area contributed by atoms with Crippen LogP contribution in [0, 0.1) is 0 Å². The molecular formula is C21H25N3O3. The number of guanidine groups is 1. The second-order valence-corrected chi connectivity index (χ2v) is 6.37. The fourth-order valence-corrected chi connectivity index (χ4v) is 3.05. The molecule has 0 amide bonds. The van der Waals surface area contributed by atoms with Crippen LogP contribution >= 0.6 is 0 Å². The molecule has 142 valence electrons. The lowest BCUT2D eigenvalue weighted by molar-refractivity contribution is 0.0600. The van der Waals surface area contributed by atoms with Gasteiger partial charge in [0.1, 0.15) is 11.9 Å². The standard InChI is InChI=1S/C21H25N3O3/c1-22-21(24-14-18-13-17-5-3-4-6-19(17)27-18)23-12-11-15-7-9-16(10-8-15)20(25)26-2/h3-10,18H,11-14H2,1-2H3,(H2,22,23,24). The molecule has 1 heterocycles. The molecule has 2 N–H and O–H groups in total. The SMILES string of the molecule is CN=C(NCCc1ccc(C(=O)OC)cc1)NCC1Cc2ccccc2O1. The lowest BCUT2D eigenvalue weighted by atomic mass is 10.1. The van der Waals surface area contributed by atoms with Gasteiger partial charge >= 0.3 is 5.97 Å². The van der Waals surface area contributed by atoms with Crippen LogP contribution in [0.1, 0.15) is 21.5 Å². The fourth-order valence-electron chi connectivity index (χ4n) is 3.05. The van der Waals surface area contributed by atoms with Crippen LogP contribution in [0.4, 0.5) is 0 Å². The number of esters is 1. The third kappa shape index (κ3) is 5.00. The van der Waals surface area contributed by atoms with Gasteiger partial charge in [-0.3, -0.25) is 4.99 Å². The van der Waals surface area contributed by atoms with Gasteiger partial charge in [-0.2, -0.15) is 0 Å². The molecule has 3 rings (SSSR count). The van der Waals surface area contributed by atoms with Gasteiger partial charge in [-0.05, 0) is 35.7 Å². The number of para-hydroxylation sites is 1. The fraction of sp³-hybridized carbons (Fsp3) is 0.333. The molecule has 6 nitrogen and oxygen atoms in total. The zero-order valence-electron chi connectivity index (χ0n) is 15.7. The molecule has 2 aromatic rings. The number of hydrogen-bond acceptors (Lipinski definition) is 4. The van der Waals surface area contributed by atoms with Crippen molar-refractivity contribution in [2.24, 2.45) is 4.99 Å². The van der Waals surface area contributed by atoms with Crippen molar-refractivity contribution in [1.29, 1.82) is 0 Å². The first-order valence-corrected chi connectivity index (χ1v) is 9.06. The lowest BCUT2D eigenvalue weighted by Crippen LogP contribution is -2.42. The molecule has 2 aromatic carbocycles. The topological polar surface area (TPSA) is 72.0 Å². The number of aliphatic imine (C=N–C) groups is 1. The molecule has 0 aliphatic carbocycles. The van der Waals surface area contributed by atoms with Gasteiger partial charge in [0, 0.05) is 20.0 Å². The highest BCUT2D eigenvalue weighted by atomic mass is 16.5. The van der Waals surface area contributed by atoms with Crippen molar-refractivity contribution in [3.8, 4) is 5.75 Å². The number of rotatable bonds is 6. The number of carbonyl (C=O) groups excluding carboxylic acids is 1. The van der Waals surface area contributed by atoms with Gasteiger partial charge in [-0.15, -0.1) is 0 Å². The van der Waals surface area contributed by atoms with E-state index < -0.39 is 0 Å². The summed E-state index contributed by atoms with van der Waals surface area (Å²) in [6.07, 6.45) is 1.85. The quantitative estimate of drug-likeness (QED) is 0.465. The Hall–Kier alpha value is -3.02. The van der Waals surface area contributed by atoms with Crippen molar-refractivity contribution in [2.75, 3.05) is 27.2 Å². The van der Waals surface area contributed by atoms with E-state index in [-0.39, 0.29) is 12.1 Å². The van der Waals surface area contributed by atoms with Gasteiger partial charge in [0.2, 0.25) is 0 Å². The molecule has 0 bridgehead atoms. The van der Waals surface area contributed by atoms with Crippen molar-refractivity contribution in [1.82, 2.24) is 10.6 Å². The van der Waals surface area contributed by atoms with E-state index in [4.69, 9.17) is 9.47 Å². The molecule has 0 spiro atoms. The van der Waals surface area contributed by atoms with E-state index in [9.17, 15) is 4.79 Å². The molecule has 1 unspecified atom stereocenters. The number of benzene rings is 2. The van der Waals surface area contributed by atoms with Crippen molar-refractivity contribution in [3.05, 3.63) is 65.2 Å². The summed E-state index contributed by atoms with van der Waals surface area (Å²) < 4.78 is 10.6. The molecular weight excluding hydrogens is 342 g/mol. The second-order valence-electron chi connectivity index (χ2n) is 6.37. The van der Waals surface area contributed by atoms with Gasteiger partial charge in [0.15, 0.2) is 5.96 Å². The van der Waals surface area contributed by atoms with Crippen LogP contribution < -0.4 is 15.4 Å². The number of methoxy groups -OCH3 is 1. The predicted molar refractivity (Wildman–Crippen MR) is 105 cm³/mol. The van der Waals surface area contributed by atoms with Crippen molar-refractivity contribution >= 4 is 11.9 Å². The molecule has 0 fully saturated rings. The number of fused-ring (bicyclic) bond motifs is 1. The Balaban J connectivity index is 1.40. The maximum atomic E-state index is 11.5. The molecule has 0 aromatic heterocycles. The van der Waals surface area contributed by atoms with Crippen LogP contribution in [-0.2, 0) is 17.6 Å². The van der Waals surface area contributed by atoms with Crippen LogP contribution in [0.25, 0.3) is 0 Å². The third-order valence-electron chi connectivity index (χ3n) is 4.52. The van der Waals surface area contributed by atoms with Crippen LogP contribution in [0.5, 0.6) is 5.75 Å². The Morgan fingerprint density at radius 1 is 1.19 bits per heavy atom. The number of nitrogens with one attached hydrogen (secondary N) is 2. The Morgan fingerprint density at radius 3 is 2.67 bits per heavy atom. The van der Waals surface area contributed by atoms with Crippen molar-refractivity contribution in [3.63, 3.8) is 0 Å². The first-order valence-electron chi connectivity index (χ1n) is 9.06. The molecule has 0 saturated carbocycles. The maximum Gasteiger partial charge on any atom is 0.337 e. The molecule has 1 aliphatic rings. The molecule has 1 atom stereocenters. The minimum atomic E-state index is -0.319. The van der Waals surface area contributed by atoms with E-state index in [1.54, 1.807) is 19.2 Å². The minimum Gasteiger partial charge on any atom is -0.488 e. The second kappa shape index (κ2) is 9.07. The average molecular weight is 367 g/mol. The lowest BCUT2D eigenvalue weighted by Gasteiger charge is -2.15. The number of carbonyl (C=O) groups is 1. The molecule has 0 radical (unpaired) electrons.